The van der Waals surface area contributed by atoms with E-state index in [-0.39, 0.29) is 18.0 Å². The van der Waals surface area contributed by atoms with Gasteiger partial charge in [0, 0.05) is 12.1 Å². The molecule has 0 spiro atoms. The second-order valence-electron chi connectivity index (χ2n) is 6.95. The van der Waals surface area contributed by atoms with Gasteiger partial charge in [-0.3, -0.25) is 10.1 Å². The molecule has 1 aliphatic heterocycles. The van der Waals surface area contributed by atoms with Gasteiger partial charge in [-0.25, -0.2) is 0 Å². The van der Waals surface area contributed by atoms with E-state index in [1.807, 2.05) is 12.1 Å². The molecule has 24 heavy (non-hydrogen) atoms. The van der Waals surface area contributed by atoms with E-state index < -0.39 is 0 Å². The summed E-state index contributed by atoms with van der Waals surface area (Å²) in [6, 6.07) is 4.18. The first-order valence-corrected chi connectivity index (χ1v) is 8.93. The van der Waals surface area contributed by atoms with Crippen molar-refractivity contribution in [2.24, 2.45) is 0 Å². The van der Waals surface area contributed by atoms with Crippen LogP contribution in [0.5, 0.6) is 11.5 Å². The van der Waals surface area contributed by atoms with E-state index in [9.17, 15) is 4.79 Å². The molecule has 0 bridgehead atoms. The molecule has 5 nitrogen and oxygen atoms in total. The zero-order valence-corrected chi connectivity index (χ0v) is 14.9. The van der Waals surface area contributed by atoms with Gasteiger partial charge >= 0.3 is 0 Å². The second kappa shape index (κ2) is 7.43. The lowest BCUT2D eigenvalue weighted by Crippen LogP contribution is -2.48. The number of hydrogen-bond donors (Lipinski definition) is 2. The van der Waals surface area contributed by atoms with Crippen molar-refractivity contribution in [3.63, 3.8) is 0 Å². The summed E-state index contributed by atoms with van der Waals surface area (Å²) >= 11 is 0. The number of fused-ring (bicyclic) bond motifs is 1. The fraction of sp³-hybridized carbons (Fsp3) is 0.632. The highest BCUT2D eigenvalue weighted by atomic mass is 16.5. The minimum Gasteiger partial charge on any atom is -0.493 e. The van der Waals surface area contributed by atoms with E-state index in [0.717, 1.165) is 36.1 Å². The van der Waals surface area contributed by atoms with Crippen molar-refractivity contribution < 1.29 is 14.3 Å². The van der Waals surface area contributed by atoms with Crippen LogP contribution < -0.4 is 20.1 Å². The van der Waals surface area contributed by atoms with Gasteiger partial charge in [0.05, 0.1) is 14.2 Å². The minimum absolute atomic E-state index is 0.0712. The Morgan fingerprint density at radius 3 is 2.46 bits per heavy atom. The SMILES string of the molecule is COc1cc2c(cc1OC)[C@H](C(=O)NC1CCCCC1)N[C@H](C)C2. The number of carbonyl (C=O) groups is 1. The molecule has 132 valence electrons. The number of amides is 1. The predicted octanol–water partition coefficient (Wildman–Crippen LogP) is 2.73. The third-order valence-corrected chi connectivity index (χ3v) is 5.15. The summed E-state index contributed by atoms with van der Waals surface area (Å²) in [5.74, 6) is 1.46. The van der Waals surface area contributed by atoms with Gasteiger partial charge in [0.25, 0.3) is 0 Å². The molecule has 0 unspecified atom stereocenters. The van der Waals surface area contributed by atoms with Crippen molar-refractivity contribution in [1.29, 1.82) is 0 Å². The summed E-state index contributed by atoms with van der Waals surface area (Å²) in [6.45, 7) is 2.11. The van der Waals surface area contributed by atoms with Crippen molar-refractivity contribution in [3.05, 3.63) is 23.3 Å². The van der Waals surface area contributed by atoms with Crippen LogP contribution in [0, 0.1) is 0 Å². The summed E-state index contributed by atoms with van der Waals surface area (Å²) in [5.41, 5.74) is 2.15. The topological polar surface area (TPSA) is 59.6 Å². The summed E-state index contributed by atoms with van der Waals surface area (Å²) in [7, 11) is 3.27. The molecule has 2 N–H and O–H groups in total. The first kappa shape index (κ1) is 17.1. The normalized spacial score (nSPS) is 24.1. The fourth-order valence-electron chi connectivity index (χ4n) is 3.89. The summed E-state index contributed by atoms with van der Waals surface area (Å²) in [5, 5.41) is 6.68. The van der Waals surface area contributed by atoms with E-state index >= 15 is 0 Å². The quantitative estimate of drug-likeness (QED) is 0.890. The monoisotopic (exact) mass is 332 g/mol. The Morgan fingerprint density at radius 1 is 1.12 bits per heavy atom. The van der Waals surface area contributed by atoms with E-state index in [4.69, 9.17) is 9.47 Å². The molecule has 1 aromatic carbocycles. The Labute approximate surface area is 144 Å². The molecule has 1 heterocycles. The average Bonchev–Trinajstić information content (AvgIpc) is 2.60. The molecule has 2 atom stereocenters. The largest absolute Gasteiger partial charge is 0.493 e. The van der Waals surface area contributed by atoms with Crippen LogP contribution in [0.15, 0.2) is 12.1 Å². The highest BCUT2D eigenvalue weighted by molar-refractivity contribution is 5.84. The molecule has 0 radical (unpaired) electrons. The Hall–Kier alpha value is -1.75. The second-order valence-corrected chi connectivity index (χ2v) is 6.95. The van der Waals surface area contributed by atoms with Gasteiger partial charge in [0.1, 0.15) is 6.04 Å². The van der Waals surface area contributed by atoms with Gasteiger partial charge in [-0.1, -0.05) is 19.3 Å². The van der Waals surface area contributed by atoms with Crippen LogP contribution in [0.3, 0.4) is 0 Å². The molecule has 1 saturated carbocycles. The molecule has 3 rings (SSSR count). The summed E-state index contributed by atoms with van der Waals surface area (Å²) in [6.07, 6.45) is 6.76. The molecular weight excluding hydrogens is 304 g/mol. The van der Waals surface area contributed by atoms with E-state index in [2.05, 4.69) is 17.6 Å². The van der Waals surface area contributed by atoms with Crippen LogP contribution in [0.2, 0.25) is 0 Å². The number of hydrogen-bond acceptors (Lipinski definition) is 4. The van der Waals surface area contributed by atoms with Crippen LogP contribution in [-0.4, -0.2) is 32.2 Å². The Kier molecular flexibility index (Phi) is 5.29. The number of methoxy groups -OCH3 is 2. The van der Waals surface area contributed by atoms with Crippen molar-refractivity contribution in [2.75, 3.05) is 14.2 Å². The zero-order chi connectivity index (χ0) is 17.1. The summed E-state index contributed by atoms with van der Waals surface area (Å²) in [4.78, 5) is 12.9. The molecule has 1 amide bonds. The van der Waals surface area contributed by atoms with Crippen LogP contribution in [0.1, 0.15) is 56.2 Å². The van der Waals surface area contributed by atoms with Crippen LogP contribution in [0.4, 0.5) is 0 Å². The molecular formula is C19H28N2O3. The summed E-state index contributed by atoms with van der Waals surface area (Å²) < 4.78 is 10.8. The molecule has 1 aromatic rings. The van der Waals surface area contributed by atoms with Crippen LogP contribution in [-0.2, 0) is 11.2 Å². The molecule has 5 heteroatoms. The van der Waals surface area contributed by atoms with Crippen molar-refractivity contribution in [2.45, 2.75) is 63.6 Å². The Balaban J connectivity index is 1.85. The lowest BCUT2D eigenvalue weighted by atomic mass is 9.89. The lowest BCUT2D eigenvalue weighted by Gasteiger charge is -2.33. The van der Waals surface area contributed by atoms with Crippen molar-refractivity contribution >= 4 is 5.91 Å². The predicted molar refractivity (Wildman–Crippen MR) is 93.6 cm³/mol. The van der Waals surface area contributed by atoms with Gasteiger partial charge < -0.3 is 14.8 Å². The maximum atomic E-state index is 12.9. The Morgan fingerprint density at radius 2 is 1.79 bits per heavy atom. The van der Waals surface area contributed by atoms with Gasteiger partial charge in [0.15, 0.2) is 11.5 Å². The van der Waals surface area contributed by atoms with Crippen molar-refractivity contribution in [1.82, 2.24) is 10.6 Å². The molecule has 0 saturated heterocycles. The number of carbonyl (C=O) groups excluding carboxylic acids is 1. The van der Waals surface area contributed by atoms with Gasteiger partial charge in [-0.05, 0) is 49.4 Å². The molecule has 0 aromatic heterocycles. The molecule has 2 aliphatic rings. The third kappa shape index (κ3) is 3.51. The molecule has 1 fully saturated rings. The maximum Gasteiger partial charge on any atom is 0.241 e. The fourth-order valence-corrected chi connectivity index (χ4v) is 3.89. The van der Waals surface area contributed by atoms with Gasteiger partial charge in [-0.2, -0.15) is 0 Å². The van der Waals surface area contributed by atoms with E-state index in [1.54, 1.807) is 14.2 Å². The third-order valence-electron chi connectivity index (χ3n) is 5.15. The number of rotatable bonds is 4. The maximum absolute atomic E-state index is 12.9. The minimum atomic E-state index is -0.328. The average molecular weight is 332 g/mol. The molecule has 1 aliphatic carbocycles. The van der Waals surface area contributed by atoms with Crippen molar-refractivity contribution in [3.8, 4) is 11.5 Å². The first-order valence-electron chi connectivity index (χ1n) is 8.93. The Bertz CT molecular complexity index is 597. The standard InChI is InChI=1S/C19H28N2O3/c1-12-9-13-10-16(23-2)17(24-3)11-15(13)18(20-12)19(22)21-14-7-5-4-6-8-14/h10-12,14,18,20H,4-9H2,1-3H3,(H,21,22)/t12-,18-/m1/s1. The first-order chi connectivity index (χ1) is 11.6. The van der Waals surface area contributed by atoms with Crippen LogP contribution >= 0.6 is 0 Å². The number of ether oxygens (including phenoxy) is 2. The smallest absolute Gasteiger partial charge is 0.241 e. The highest BCUT2D eigenvalue weighted by Gasteiger charge is 2.32. The lowest BCUT2D eigenvalue weighted by molar-refractivity contribution is -0.124. The van der Waals surface area contributed by atoms with E-state index in [1.165, 1.54) is 19.3 Å². The van der Waals surface area contributed by atoms with E-state index in [0.29, 0.717) is 11.8 Å². The highest BCUT2D eigenvalue weighted by Crippen LogP contribution is 2.36. The van der Waals surface area contributed by atoms with Gasteiger partial charge in [-0.15, -0.1) is 0 Å². The van der Waals surface area contributed by atoms with Crippen LogP contribution in [0.25, 0.3) is 0 Å². The number of nitrogens with one attached hydrogen (secondary N) is 2. The number of benzene rings is 1. The van der Waals surface area contributed by atoms with Gasteiger partial charge in [0.2, 0.25) is 5.91 Å². The zero-order valence-electron chi connectivity index (χ0n) is 14.9.